The lowest BCUT2D eigenvalue weighted by Crippen LogP contribution is -2.36. The summed E-state index contributed by atoms with van der Waals surface area (Å²) in [4.78, 5) is 24.6. The summed E-state index contributed by atoms with van der Waals surface area (Å²) in [5, 5.41) is 3.34. The molecule has 2 aromatic carbocycles. The van der Waals surface area contributed by atoms with Crippen LogP contribution in [-0.4, -0.2) is 24.6 Å². The van der Waals surface area contributed by atoms with Crippen LogP contribution in [0.1, 0.15) is 18.1 Å². The highest BCUT2D eigenvalue weighted by atomic mass is 35.5. The monoisotopic (exact) mass is 373 g/mol. The summed E-state index contributed by atoms with van der Waals surface area (Å²) < 4.78 is 10.9. The molecule has 0 spiro atoms. The van der Waals surface area contributed by atoms with Crippen molar-refractivity contribution in [3.05, 3.63) is 58.6 Å². The van der Waals surface area contributed by atoms with E-state index in [1.165, 1.54) is 0 Å². The summed E-state index contributed by atoms with van der Waals surface area (Å²) in [6.45, 7) is 3.71. The zero-order valence-electron chi connectivity index (χ0n) is 14.6. The van der Waals surface area contributed by atoms with Crippen molar-refractivity contribution in [2.45, 2.75) is 26.4 Å². The quantitative estimate of drug-likeness (QED) is 0.828. The normalized spacial score (nSPS) is 16.8. The van der Waals surface area contributed by atoms with Gasteiger partial charge in [-0.3, -0.25) is 9.59 Å². The van der Waals surface area contributed by atoms with Crippen molar-refractivity contribution in [3.63, 3.8) is 0 Å². The molecule has 0 radical (unpaired) electrons. The predicted molar refractivity (Wildman–Crippen MR) is 99.5 cm³/mol. The number of anilines is 1. The topological polar surface area (TPSA) is 64.6 Å². The minimum absolute atomic E-state index is 0.222. The lowest BCUT2D eigenvalue weighted by atomic mass is 9.97. The van der Waals surface area contributed by atoms with Gasteiger partial charge in [-0.2, -0.15) is 0 Å². The Hall–Kier alpha value is -2.53. The average molecular weight is 374 g/mol. The van der Waals surface area contributed by atoms with Gasteiger partial charge >= 0.3 is 5.97 Å². The lowest BCUT2D eigenvalue weighted by Gasteiger charge is -2.25. The Labute approximate surface area is 157 Å². The fraction of sp³-hybridized carbons (Fsp3) is 0.300. The van der Waals surface area contributed by atoms with E-state index in [2.05, 4.69) is 5.32 Å². The van der Waals surface area contributed by atoms with E-state index in [1.54, 1.807) is 31.2 Å². The molecule has 0 unspecified atom stereocenters. The number of rotatable bonds is 4. The van der Waals surface area contributed by atoms with Gasteiger partial charge in [-0.1, -0.05) is 23.7 Å². The Morgan fingerprint density at radius 1 is 1.27 bits per heavy atom. The summed E-state index contributed by atoms with van der Waals surface area (Å²) in [6, 6.07) is 12.7. The number of ether oxygens (including phenoxy) is 2. The maximum absolute atomic E-state index is 12.4. The van der Waals surface area contributed by atoms with Crippen LogP contribution < -0.4 is 10.1 Å². The van der Waals surface area contributed by atoms with Crippen molar-refractivity contribution in [1.29, 1.82) is 0 Å². The van der Waals surface area contributed by atoms with Gasteiger partial charge < -0.3 is 14.8 Å². The first kappa shape index (κ1) is 18.3. The van der Waals surface area contributed by atoms with Gasteiger partial charge in [0.1, 0.15) is 12.4 Å². The molecule has 0 saturated carbocycles. The number of benzene rings is 2. The van der Waals surface area contributed by atoms with E-state index in [1.807, 2.05) is 25.1 Å². The fourth-order valence-electron chi connectivity index (χ4n) is 2.81. The highest BCUT2D eigenvalue weighted by Crippen LogP contribution is 2.30. The SMILES string of the molecule is Cc1cccc(NC(=O)[C@@H](C)OC(=O)[C@H]2COc3ccc(Cl)cc3C2)c1. The molecule has 1 aliphatic rings. The first-order valence-electron chi connectivity index (χ1n) is 8.41. The maximum Gasteiger partial charge on any atom is 0.313 e. The third-order valence-corrected chi connectivity index (χ3v) is 4.45. The molecule has 0 aromatic heterocycles. The van der Waals surface area contributed by atoms with Crippen LogP contribution in [-0.2, 0) is 20.7 Å². The highest BCUT2D eigenvalue weighted by Gasteiger charge is 2.30. The fourth-order valence-corrected chi connectivity index (χ4v) is 3.00. The molecule has 26 heavy (non-hydrogen) atoms. The van der Waals surface area contributed by atoms with E-state index in [4.69, 9.17) is 21.1 Å². The number of carbonyl (C=O) groups excluding carboxylic acids is 2. The molecule has 6 heteroatoms. The second-order valence-corrected chi connectivity index (χ2v) is 6.84. The van der Waals surface area contributed by atoms with E-state index < -0.39 is 18.0 Å². The molecular weight excluding hydrogens is 354 g/mol. The Morgan fingerprint density at radius 3 is 2.85 bits per heavy atom. The standard InChI is InChI=1S/C20H20ClNO4/c1-12-4-3-5-17(8-12)22-19(23)13(2)26-20(24)15-9-14-10-16(21)6-7-18(14)25-11-15/h3-8,10,13,15H,9,11H2,1-2H3,(H,22,23)/t13-,15-/m1/s1. The van der Waals surface area contributed by atoms with Crippen LogP contribution in [0.4, 0.5) is 5.69 Å². The van der Waals surface area contributed by atoms with E-state index in [9.17, 15) is 9.59 Å². The van der Waals surface area contributed by atoms with Gasteiger partial charge in [0.2, 0.25) is 0 Å². The second kappa shape index (κ2) is 7.79. The maximum atomic E-state index is 12.4. The van der Waals surface area contributed by atoms with Crippen molar-refractivity contribution in [2.24, 2.45) is 5.92 Å². The van der Waals surface area contributed by atoms with Crippen molar-refractivity contribution in [3.8, 4) is 5.75 Å². The third kappa shape index (κ3) is 4.35. The Kier molecular flexibility index (Phi) is 5.47. The summed E-state index contributed by atoms with van der Waals surface area (Å²) in [7, 11) is 0. The molecule has 0 fully saturated rings. The van der Waals surface area contributed by atoms with Crippen molar-refractivity contribution < 1.29 is 19.1 Å². The van der Waals surface area contributed by atoms with Gasteiger partial charge in [0.15, 0.2) is 6.10 Å². The smallest absolute Gasteiger partial charge is 0.313 e. The van der Waals surface area contributed by atoms with E-state index in [0.29, 0.717) is 17.1 Å². The lowest BCUT2D eigenvalue weighted by molar-refractivity contribution is -0.158. The molecule has 0 saturated heterocycles. The molecule has 136 valence electrons. The third-order valence-electron chi connectivity index (χ3n) is 4.21. The van der Waals surface area contributed by atoms with Crippen LogP contribution in [0.15, 0.2) is 42.5 Å². The number of nitrogens with one attached hydrogen (secondary N) is 1. The van der Waals surface area contributed by atoms with Crippen LogP contribution in [0.2, 0.25) is 5.02 Å². The molecule has 1 heterocycles. The summed E-state index contributed by atoms with van der Waals surface area (Å²) in [6.07, 6.45) is -0.426. The number of aryl methyl sites for hydroxylation is 1. The molecule has 3 rings (SSSR count). The van der Waals surface area contributed by atoms with Crippen LogP contribution in [0.3, 0.4) is 0 Å². The minimum atomic E-state index is -0.899. The number of hydrogen-bond acceptors (Lipinski definition) is 4. The van der Waals surface area contributed by atoms with Gasteiger partial charge in [-0.25, -0.2) is 0 Å². The largest absolute Gasteiger partial charge is 0.492 e. The molecule has 1 aliphatic heterocycles. The summed E-state index contributed by atoms with van der Waals surface area (Å²) in [5.41, 5.74) is 2.56. The van der Waals surface area contributed by atoms with Crippen molar-refractivity contribution in [2.75, 3.05) is 11.9 Å². The van der Waals surface area contributed by atoms with Gasteiger partial charge in [0, 0.05) is 10.7 Å². The van der Waals surface area contributed by atoms with Crippen LogP contribution in [0.5, 0.6) is 5.75 Å². The van der Waals surface area contributed by atoms with E-state index in [0.717, 1.165) is 16.9 Å². The van der Waals surface area contributed by atoms with Crippen molar-refractivity contribution in [1.82, 2.24) is 0 Å². The van der Waals surface area contributed by atoms with Crippen LogP contribution >= 0.6 is 11.6 Å². The predicted octanol–water partition coefficient (Wildman–Crippen LogP) is 3.77. The first-order chi connectivity index (χ1) is 12.4. The Bertz CT molecular complexity index is 836. The number of esters is 1. The first-order valence-corrected chi connectivity index (χ1v) is 8.79. The zero-order valence-corrected chi connectivity index (χ0v) is 15.4. The summed E-state index contributed by atoms with van der Waals surface area (Å²) in [5.74, 6) is -0.564. The zero-order chi connectivity index (χ0) is 18.7. The molecule has 0 aliphatic carbocycles. The van der Waals surface area contributed by atoms with E-state index in [-0.39, 0.29) is 12.5 Å². The summed E-state index contributed by atoms with van der Waals surface area (Å²) >= 11 is 5.99. The average Bonchev–Trinajstić information content (AvgIpc) is 2.60. The molecule has 1 amide bonds. The molecule has 2 atom stereocenters. The van der Waals surface area contributed by atoms with Gasteiger partial charge in [0.05, 0.1) is 5.92 Å². The Balaban J connectivity index is 1.58. The van der Waals surface area contributed by atoms with Crippen LogP contribution in [0.25, 0.3) is 0 Å². The molecule has 2 aromatic rings. The number of fused-ring (bicyclic) bond motifs is 1. The number of hydrogen-bond donors (Lipinski definition) is 1. The van der Waals surface area contributed by atoms with Crippen molar-refractivity contribution >= 4 is 29.2 Å². The number of carbonyl (C=O) groups is 2. The van der Waals surface area contributed by atoms with Gasteiger partial charge in [-0.05, 0) is 61.7 Å². The van der Waals surface area contributed by atoms with Gasteiger partial charge in [-0.15, -0.1) is 0 Å². The van der Waals surface area contributed by atoms with Crippen LogP contribution in [0, 0.1) is 12.8 Å². The molecule has 1 N–H and O–H groups in total. The molecule has 5 nitrogen and oxygen atoms in total. The number of amides is 1. The molecular formula is C20H20ClNO4. The number of halogens is 1. The second-order valence-electron chi connectivity index (χ2n) is 6.40. The Morgan fingerprint density at radius 2 is 2.08 bits per heavy atom. The highest BCUT2D eigenvalue weighted by molar-refractivity contribution is 6.30. The van der Waals surface area contributed by atoms with E-state index >= 15 is 0 Å². The van der Waals surface area contributed by atoms with Gasteiger partial charge in [0.25, 0.3) is 5.91 Å². The minimum Gasteiger partial charge on any atom is -0.492 e. The molecule has 0 bridgehead atoms.